The highest BCUT2D eigenvalue weighted by Gasteiger charge is 2.28. The van der Waals surface area contributed by atoms with Gasteiger partial charge in [0.05, 0.1) is 0 Å². The molecular weight excluding hydrogens is 226 g/mol. The van der Waals surface area contributed by atoms with Gasteiger partial charge in [0.2, 0.25) is 0 Å². The van der Waals surface area contributed by atoms with Crippen LogP contribution in [-0.2, 0) is 0 Å². The number of nitrogens with two attached hydrogens (primary N) is 1. The van der Waals surface area contributed by atoms with Crippen LogP contribution in [0.1, 0.15) is 43.6 Å². The minimum atomic E-state index is 0.425. The molecule has 92 valence electrons. The minimum Gasteiger partial charge on any atom is -0.327 e. The van der Waals surface area contributed by atoms with E-state index in [0.717, 1.165) is 5.92 Å². The molecule has 0 bridgehead atoms. The SMILES string of the molecule is NC(CC1CSc2ccccc21)C1CCCC1. The molecule has 0 amide bonds. The second-order valence-corrected chi connectivity index (χ2v) is 6.55. The molecule has 0 aromatic heterocycles. The Labute approximate surface area is 108 Å². The van der Waals surface area contributed by atoms with E-state index in [9.17, 15) is 0 Å². The number of benzene rings is 1. The molecule has 2 aliphatic rings. The summed E-state index contributed by atoms with van der Waals surface area (Å²) >= 11 is 2.00. The molecule has 1 saturated carbocycles. The molecule has 17 heavy (non-hydrogen) atoms. The fourth-order valence-electron chi connectivity index (χ4n) is 3.33. The van der Waals surface area contributed by atoms with E-state index in [1.54, 1.807) is 5.56 Å². The Bertz CT molecular complexity index is 384. The van der Waals surface area contributed by atoms with Gasteiger partial charge >= 0.3 is 0 Å². The normalized spacial score (nSPS) is 26.1. The van der Waals surface area contributed by atoms with Crippen LogP contribution in [0.15, 0.2) is 29.2 Å². The minimum absolute atomic E-state index is 0.425. The van der Waals surface area contributed by atoms with Crippen LogP contribution < -0.4 is 5.73 Å². The summed E-state index contributed by atoms with van der Waals surface area (Å²) in [7, 11) is 0. The predicted molar refractivity (Wildman–Crippen MR) is 74.5 cm³/mol. The van der Waals surface area contributed by atoms with Crippen molar-refractivity contribution >= 4 is 11.8 Å². The second-order valence-electron chi connectivity index (χ2n) is 5.49. The molecule has 1 aliphatic heterocycles. The zero-order valence-corrected chi connectivity index (χ0v) is 11.1. The van der Waals surface area contributed by atoms with E-state index in [1.165, 1.54) is 42.8 Å². The lowest BCUT2D eigenvalue weighted by Crippen LogP contribution is -2.30. The molecule has 0 saturated heterocycles. The lowest BCUT2D eigenvalue weighted by Gasteiger charge is -2.22. The third kappa shape index (κ3) is 2.38. The number of thioether (sulfide) groups is 1. The van der Waals surface area contributed by atoms with Crippen LogP contribution in [-0.4, -0.2) is 11.8 Å². The van der Waals surface area contributed by atoms with E-state index in [4.69, 9.17) is 5.73 Å². The Balaban J connectivity index is 1.66. The van der Waals surface area contributed by atoms with E-state index in [1.807, 2.05) is 11.8 Å². The topological polar surface area (TPSA) is 26.0 Å². The molecule has 1 heterocycles. The van der Waals surface area contributed by atoms with Crippen molar-refractivity contribution in [3.8, 4) is 0 Å². The molecule has 1 aromatic rings. The van der Waals surface area contributed by atoms with E-state index >= 15 is 0 Å². The summed E-state index contributed by atoms with van der Waals surface area (Å²) in [5, 5.41) is 0. The van der Waals surface area contributed by atoms with Crippen LogP contribution in [0.2, 0.25) is 0 Å². The first-order chi connectivity index (χ1) is 8.34. The van der Waals surface area contributed by atoms with Crippen LogP contribution >= 0.6 is 11.8 Å². The summed E-state index contributed by atoms with van der Waals surface area (Å²) in [5.41, 5.74) is 7.95. The molecule has 0 radical (unpaired) electrons. The highest BCUT2D eigenvalue weighted by molar-refractivity contribution is 7.99. The monoisotopic (exact) mass is 247 g/mol. The van der Waals surface area contributed by atoms with Gasteiger partial charge in [-0.15, -0.1) is 11.8 Å². The summed E-state index contributed by atoms with van der Waals surface area (Å²) < 4.78 is 0. The van der Waals surface area contributed by atoms with Gasteiger partial charge in [0.1, 0.15) is 0 Å². The molecule has 3 rings (SSSR count). The van der Waals surface area contributed by atoms with Gasteiger partial charge in [0.15, 0.2) is 0 Å². The average molecular weight is 247 g/mol. The number of hydrogen-bond donors (Lipinski definition) is 1. The molecule has 2 unspecified atom stereocenters. The molecule has 1 nitrogen and oxygen atoms in total. The quantitative estimate of drug-likeness (QED) is 0.879. The first-order valence-corrected chi connectivity index (χ1v) is 7.80. The molecule has 2 heteroatoms. The second kappa shape index (κ2) is 5.03. The first kappa shape index (κ1) is 11.6. The van der Waals surface area contributed by atoms with Crippen molar-refractivity contribution in [3.05, 3.63) is 29.8 Å². The van der Waals surface area contributed by atoms with Gasteiger partial charge in [-0.25, -0.2) is 0 Å². The molecule has 1 fully saturated rings. The number of hydrogen-bond acceptors (Lipinski definition) is 2. The summed E-state index contributed by atoms with van der Waals surface area (Å²) in [6.45, 7) is 0. The Morgan fingerprint density at radius 2 is 2.00 bits per heavy atom. The van der Waals surface area contributed by atoms with Crippen LogP contribution in [0.3, 0.4) is 0 Å². The van der Waals surface area contributed by atoms with Gasteiger partial charge in [0, 0.05) is 16.7 Å². The van der Waals surface area contributed by atoms with Gasteiger partial charge < -0.3 is 5.73 Å². The fourth-order valence-corrected chi connectivity index (χ4v) is 4.60. The van der Waals surface area contributed by atoms with Gasteiger partial charge in [0.25, 0.3) is 0 Å². The van der Waals surface area contributed by atoms with Crippen molar-refractivity contribution in [2.75, 3.05) is 5.75 Å². The van der Waals surface area contributed by atoms with Crippen LogP contribution in [0.25, 0.3) is 0 Å². The van der Waals surface area contributed by atoms with Crippen LogP contribution in [0.4, 0.5) is 0 Å². The zero-order valence-electron chi connectivity index (χ0n) is 10.3. The maximum atomic E-state index is 6.41. The Morgan fingerprint density at radius 3 is 2.82 bits per heavy atom. The van der Waals surface area contributed by atoms with Crippen LogP contribution in [0, 0.1) is 5.92 Å². The maximum absolute atomic E-state index is 6.41. The third-order valence-electron chi connectivity index (χ3n) is 4.36. The van der Waals surface area contributed by atoms with E-state index < -0.39 is 0 Å². The number of rotatable bonds is 3. The zero-order chi connectivity index (χ0) is 11.7. The predicted octanol–water partition coefficient (Wildman–Crippen LogP) is 3.78. The van der Waals surface area contributed by atoms with Gasteiger partial charge in [-0.05, 0) is 42.7 Å². The Hall–Kier alpha value is -0.470. The third-order valence-corrected chi connectivity index (χ3v) is 5.61. The lowest BCUT2D eigenvalue weighted by atomic mass is 9.87. The van der Waals surface area contributed by atoms with Crippen LogP contribution in [0.5, 0.6) is 0 Å². The highest BCUT2D eigenvalue weighted by Crippen LogP contribution is 2.42. The van der Waals surface area contributed by atoms with E-state index in [0.29, 0.717) is 12.0 Å². The lowest BCUT2D eigenvalue weighted by molar-refractivity contribution is 0.392. The molecule has 1 aliphatic carbocycles. The van der Waals surface area contributed by atoms with Crippen molar-refractivity contribution in [2.45, 2.75) is 49.0 Å². The molecule has 2 atom stereocenters. The maximum Gasteiger partial charge on any atom is 0.0107 e. The van der Waals surface area contributed by atoms with Crippen molar-refractivity contribution in [1.29, 1.82) is 0 Å². The number of fused-ring (bicyclic) bond motifs is 1. The molecular formula is C15H21NS. The Morgan fingerprint density at radius 1 is 1.24 bits per heavy atom. The van der Waals surface area contributed by atoms with E-state index in [-0.39, 0.29) is 0 Å². The highest BCUT2D eigenvalue weighted by atomic mass is 32.2. The summed E-state index contributed by atoms with van der Waals surface area (Å²) in [6.07, 6.45) is 6.71. The summed E-state index contributed by atoms with van der Waals surface area (Å²) in [6, 6.07) is 9.28. The van der Waals surface area contributed by atoms with Gasteiger partial charge in [-0.3, -0.25) is 0 Å². The average Bonchev–Trinajstić information content (AvgIpc) is 2.98. The summed E-state index contributed by atoms with van der Waals surface area (Å²) in [4.78, 5) is 1.48. The van der Waals surface area contributed by atoms with Crippen molar-refractivity contribution in [3.63, 3.8) is 0 Å². The van der Waals surface area contributed by atoms with Crippen molar-refractivity contribution < 1.29 is 0 Å². The van der Waals surface area contributed by atoms with Gasteiger partial charge in [-0.2, -0.15) is 0 Å². The smallest absolute Gasteiger partial charge is 0.0107 e. The Kier molecular flexibility index (Phi) is 3.44. The molecule has 1 aromatic carbocycles. The van der Waals surface area contributed by atoms with Crippen molar-refractivity contribution in [2.24, 2.45) is 11.7 Å². The summed E-state index contributed by atoms with van der Waals surface area (Å²) in [5.74, 6) is 2.74. The first-order valence-electron chi connectivity index (χ1n) is 6.82. The fraction of sp³-hybridized carbons (Fsp3) is 0.600. The standard InChI is InChI=1S/C15H21NS/c16-14(11-5-1-2-6-11)9-12-10-17-15-8-4-3-7-13(12)15/h3-4,7-8,11-12,14H,1-2,5-6,9-10,16H2. The van der Waals surface area contributed by atoms with E-state index in [2.05, 4.69) is 24.3 Å². The molecule has 2 N–H and O–H groups in total. The van der Waals surface area contributed by atoms with Crippen molar-refractivity contribution in [1.82, 2.24) is 0 Å². The largest absolute Gasteiger partial charge is 0.327 e. The molecule has 0 spiro atoms. The van der Waals surface area contributed by atoms with Gasteiger partial charge in [-0.1, -0.05) is 31.0 Å².